The van der Waals surface area contributed by atoms with Gasteiger partial charge >= 0.3 is 0 Å². The Morgan fingerprint density at radius 3 is 2.71 bits per heavy atom. The molecule has 4 rings (SSSR count). The van der Waals surface area contributed by atoms with Gasteiger partial charge in [-0.15, -0.1) is 0 Å². The van der Waals surface area contributed by atoms with Crippen LogP contribution in [-0.2, 0) is 13.1 Å². The second kappa shape index (κ2) is 7.78. The van der Waals surface area contributed by atoms with E-state index in [0.717, 1.165) is 23.7 Å². The van der Waals surface area contributed by atoms with Gasteiger partial charge in [0.2, 0.25) is 5.89 Å². The molecule has 0 atom stereocenters. The summed E-state index contributed by atoms with van der Waals surface area (Å²) in [6.45, 7) is 3.28. The number of rotatable bonds is 6. The molecule has 0 saturated heterocycles. The quantitative estimate of drug-likeness (QED) is 0.493. The summed E-state index contributed by atoms with van der Waals surface area (Å²) in [5.41, 5.74) is 3.71. The predicted molar refractivity (Wildman–Crippen MR) is 105 cm³/mol. The molecule has 0 fully saturated rings. The Balaban J connectivity index is 1.47. The van der Waals surface area contributed by atoms with Gasteiger partial charge in [-0.3, -0.25) is 4.90 Å². The molecule has 6 heteroatoms. The summed E-state index contributed by atoms with van der Waals surface area (Å²) >= 11 is 0. The van der Waals surface area contributed by atoms with E-state index < -0.39 is 0 Å². The number of benzene rings is 2. The molecule has 142 valence electrons. The molecular weight excluding hydrogens is 355 g/mol. The Kier molecular flexibility index (Phi) is 5.04. The molecule has 0 saturated carbocycles. The number of aromatic nitrogens is 3. The number of hydrogen-bond acceptors (Lipinski definition) is 4. The molecule has 0 bridgehead atoms. The van der Waals surface area contributed by atoms with Crippen LogP contribution in [0.5, 0.6) is 0 Å². The lowest BCUT2D eigenvalue weighted by Crippen LogP contribution is -2.18. The number of hydrogen-bond donors (Lipinski definition) is 0. The Labute approximate surface area is 163 Å². The summed E-state index contributed by atoms with van der Waals surface area (Å²) in [6, 6.07) is 16.5. The number of aryl methyl sites for hydroxylation is 1. The van der Waals surface area contributed by atoms with E-state index in [0.29, 0.717) is 18.0 Å². The number of nitrogens with zero attached hydrogens (tertiary/aromatic N) is 4. The molecule has 4 aromatic rings. The average molecular weight is 376 g/mol. The number of oxazole rings is 1. The Hall–Kier alpha value is -3.25. The minimum absolute atomic E-state index is 0.302. The van der Waals surface area contributed by atoms with Gasteiger partial charge in [0.25, 0.3) is 0 Å². The molecular formula is C22H21FN4O. The average Bonchev–Trinajstić information content (AvgIpc) is 3.33. The summed E-state index contributed by atoms with van der Waals surface area (Å²) in [4.78, 5) is 6.74. The van der Waals surface area contributed by atoms with Gasteiger partial charge in [0.1, 0.15) is 11.6 Å². The first-order valence-electron chi connectivity index (χ1n) is 9.08. The van der Waals surface area contributed by atoms with E-state index >= 15 is 0 Å². The minimum atomic E-state index is -0.302. The fourth-order valence-corrected chi connectivity index (χ4v) is 3.16. The van der Waals surface area contributed by atoms with Crippen LogP contribution in [0.15, 0.2) is 71.4 Å². The first kappa shape index (κ1) is 18.1. The zero-order chi connectivity index (χ0) is 19.5. The molecule has 0 amide bonds. The molecule has 0 N–H and O–H groups in total. The maximum absolute atomic E-state index is 13.5. The van der Waals surface area contributed by atoms with E-state index in [1.807, 2.05) is 43.0 Å². The fourth-order valence-electron chi connectivity index (χ4n) is 3.16. The van der Waals surface area contributed by atoms with Gasteiger partial charge in [-0.2, -0.15) is 5.10 Å². The van der Waals surface area contributed by atoms with Crippen molar-refractivity contribution in [3.8, 4) is 17.1 Å². The lowest BCUT2D eigenvalue weighted by molar-refractivity contribution is 0.313. The van der Waals surface area contributed by atoms with Crippen LogP contribution >= 0.6 is 0 Å². The zero-order valence-electron chi connectivity index (χ0n) is 15.8. The van der Waals surface area contributed by atoms with Crippen LogP contribution in [0.3, 0.4) is 0 Å². The van der Waals surface area contributed by atoms with Crippen molar-refractivity contribution in [3.05, 3.63) is 89.8 Å². The Bertz CT molecular complexity index is 1070. The SMILES string of the molecule is Cc1oc(-c2cccc(F)c2)nc1CN(C)Cc1cccc(-n2cccn2)c1. The van der Waals surface area contributed by atoms with Crippen molar-refractivity contribution in [1.82, 2.24) is 19.7 Å². The normalized spacial score (nSPS) is 11.3. The van der Waals surface area contributed by atoms with Gasteiger partial charge in [-0.25, -0.2) is 14.1 Å². The molecule has 0 aliphatic carbocycles. The fraction of sp³-hybridized carbons (Fsp3) is 0.182. The molecule has 0 aliphatic rings. The zero-order valence-corrected chi connectivity index (χ0v) is 15.8. The van der Waals surface area contributed by atoms with Crippen LogP contribution in [0.2, 0.25) is 0 Å². The van der Waals surface area contributed by atoms with E-state index in [-0.39, 0.29) is 5.82 Å². The van der Waals surface area contributed by atoms with Crippen LogP contribution in [0.1, 0.15) is 17.0 Å². The Morgan fingerprint density at radius 1 is 1.07 bits per heavy atom. The first-order chi connectivity index (χ1) is 13.6. The lowest BCUT2D eigenvalue weighted by Gasteiger charge is -2.16. The Morgan fingerprint density at radius 2 is 1.93 bits per heavy atom. The molecule has 0 aliphatic heterocycles. The highest BCUT2D eigenvalue weighted by atomic mass is 19.1. The molecule has 0 unspecified atom stereocenters. The highest BCUT2D eigenvalue weighted by Gasteiger charge is 2.14. The van der Waals surface area contributed by atoms with Crippen molar-refractivity contribution in [3.63, 3.8) is 0 Å². The van der Waals surface area contributed by atoms with Crippen molar-refractivity contribution in [1.29, 1.82) is 0 Å². The van der Waals surface area contributed by atoms with Crippen LogP contribution in [0.25, 0.3) is 17.1 Å². The highest BCUT2D eigenvalue weighted by molar-refractivity contribution is 5.53. The van der Waals surface area contributed by atoms with Crippen molar-refractivity contribution in [2.45, 2.75) is 20.0 Å². The van der Waals surface area contributed by atoms with Crippen LogP contribution in [-0.4, -0.2) is 26.7 Å². The third-order valence-electron chi connectivity index (χ3n) is 4.52. The summed E-state index contributed by atoms with van der Waals surface area (Å²) in [5, 5.41) is 4.28. The third kappa shape index (κ3) is 4.02. The molecule has 0 spiro atoms. The van der Waals surface area contributed by atoms with Crippen molar-refractivity contribution >= 4 is 0 Å². The van der Waals surface area contributed by atoms with Gasteiger partial charge in [0.15, 0.2) is 0 Å². The van der Waals surface area contributed by atoms with E-state index in [2.05, 4.69) is 27.1 Å². The van der Waals surface area contributed by atoms with E-state index in [1.165, 1.54) is 17.7 Å². The molecule has 5 nitrogen and oxygen atoms in total. The van der Waals surface area contributed by atoms with Crippen LogP contribution < -0.4 is 0 Å². The first-order valence-corrected chi connectivity index (χ1v) is 9.08. The molecule has 28 heavy (non-hydrogen) atoms. The standard InChI is InChI=1S/C22H21FN4O/c1-16-21(25-22(28-16)18-7-4-8-19(23)13-18)15-26(2)14-17-6-3-9-20(12-17)27-11-5-10-24-27/h3-13H,14-15H2,1-2H3. The maximum Gasteiger partial charge on any atom is 0.226 e. The van der Waals surface area contributed by atoms with Gasteiger partial charge in [0, 0.05) is 31.0 Å². The monoisotopic (exact) mass is 376 g/mol. The van der Waals surface area contributed by atoms with Gasteiger partial charge in [0.05, 0.1) is 11.4 Å². The van der Waals surface area contributed by atoms with Gasteiger partial charge < -0.3 is 4.42 Å². The summed E-state index contributed by atoms with van der Waals surface area (Å²) in [7, 11) is 2.04. The predicted octanol–water partition coefficient (Wildman–Crippen LogP) is 4.61. The third-order valence-corrected chi connectivity index (χ3v) is 4.52. The smallest absolute Gasteiger partial charge is 0.226 e. The largest absolute Gasteiger partial charge is 0.441 e. The van der Waals surface area contributed by atoms with Crippen molar-refractivity contribution < 1.29 is 8.81 Å². The molecule has 2 heterocycles. The van der Waals surface area contributed by atoms with Crippen LogP contribution in [0, 0.1) is 12.7 Å². The summed E-state index contributed by atoms with van der Waals surface area (Å²) in [6.07, 6.45) is 3.69. The van der Waals surface area contributed by atoms with Gasteiger partial charge in [-0.05, 0) is 55.9 Å². The molecule has 2 aromatic heterocycles. The maximum atomic E-state index is 13.5. The summed E-state index contributed by atoms with van der Waals surface area (Å²) < 4.78 is 21.1. The second-order valence-corrected chi connectivity index (χ2v) is 6.83. The van der Waals surface area contributed by atoms with Crippen molar-refractivity contribution in [2.75, 3.05) is 7.05 Å². The second-order valence-electron chi connectivity index (χ2n) is 6.83. The highest BCUT2D eigenvalue weighted by Crippen LogP contribution is 2.23. The topological polar surface area (TPSA) is 47.1 Å². The van der Waals surface area contributed by atoms with E-state index in [1.54, 1.807) is 18.3 Å². The minimum Gasteiger partial charge on any atom is -0.441 e. The number of halogens is 1. The van der Waals surface area contributed by atoms with E-state index in [9.17, 15) is 4.39 Å². The molecule has 2 aromatic carbocycles. The lowest BCUT2D eigenvalue weighted by atomic mass is 10.2. The van der Waals surface area contributed by atoms with Crippen molar-refractivity contribution in [2.24, 2.45) is 0 Å². The van der Waals surface area contributed by atoms with E-state index in [4.69, 9.17) is 4.42 Å². The summed E-state index contributed by atoms with van der Waals surface area (Å²) in [5.74, 6) is 0.890. The van der Waals surface area contributed by atoms with Crippen LogP contribution in [0.4, 0.5) is 4.39 Å². The van der Waals surface area contributed by atoms with Gasteiger partial charge in [-0.1, -0.05) is 18.2 Å². The molecule has 0 radical (unpaired) electrons.